The summed E-state index contributed by atoms with van der Waals surface area (Å²) in [4.78, 5) is 22.5. The molecule has 7 heteroatoms. The summed E-state index contributed by atoms with van der Waals surface area (Å²) < 4.78 is 5.13. The highest BCUT2D eigenvalue weighted by atomic mass is 32.2. The molecule has 1 unspecified atom stereocenters. The number of benzene rings is 1. The van der Waals surface area contributed by atoms with Gasteiger partial charge in [0.2, 0.25) is 5.91 Å². The highest BCUT2D eigenvalue weighted by Crippen LogP contribution is 2.23. The Morgan fingerprint density at radius 2 is 2.32 bits per heavy atom. The highest BCUT2D eigenvalue weighted by Gasteiger charge is 2.31. The third kappa shape index (κ3) is 2.54. The number of hydrogen-bond donors (Lipinski definition) is 2. The number of imide groups is 1. The second-order valence-electron chi connectivity index (χ2n) is 4.62. The van der Waals surface area contributed by atoms with Gasteiger partial charge >= 0.3 is 7.12 Å². The van der Waals surface area contributed by atoms with Gasteiger partial charge in [0, 0.05) is 0 Å². The predicted octanol–water partition coefficient (Wildman–Crippen LogP) is 0.188. The molecular weight excluding hydrogens is 265 g/mol. The van der Waals surface area contributed by atoms with Crippen LogP contribution in [0.2, 0.25) is 0 Å². The van der Waals surface area contributed by atoms with Crippen LogP contribution in [0.4, 0.5) is 4.79 Å². The highest BCUT2D eigenvalue weighted by molar-refractivity contribution is 8.15. The van der Waals surface area contributed by atoms with E-state index in [1.807, 2.05) is 18.2 Å². The topological polar surface area (TPSA) is 75.6 Å². The molecule has 5 nitrogen and oxygen atoms in total. The minimum Gasteiger partial charge on any atom is -0.423 e. The summed E-state index contributed by atoms with van der Waals surface area (Å²) in [5.41, 5.74) is 2.84. The summed E-state index contributed by atoms with van der Waals surface area (Å²) in [7, 11) is -0.847. The molecule has 2 N–H and O–H groups in total. The SMILES string of the molecule is O=C1NC(=O)C(CCc2ccc3c(c2)B(O)OC3)S1. The quantitative estimate of drug-likeness (QED) is 0.771. The number of hydrogen-bond acceptors (Lipinski definition) is 5. The van der Waals surface area contributed by atoms with Gasteiger partial charge in [-0.2, -0.15) is 0 Å². The van der Waals surface area contributed by atoms with Crippen molar-refractivity contribution in [2.45, 2.75) is 24.7 Å². The molecule has 19 heavy (non-hydrogen) atoms. The fourth-order valence-corrected chi connectivity index (χ4v) is 3.12. The largest absolute Gasteiger partial charge is 0.491 e. The Balaban J connectivity index is 1.66. The van der Waals surface area contributed by atoms with E-state index < -0.39 is 7.12 Å². The molecule has 3 rings (SSSR count). The Labute approximate surface area is 114 Å². The number of aryl methyl sites for hydroxylation is 1. The van der Waals surface area contributed by atoms with Crippen molar-refractivity contribution in [3.8, 4) is 0 Å². The van der Waals surface area contributed by atoms with E-state index in [9.17, 15) is 14.6 Å². The molecule has 0 aliphatic carbocycles. The van der Waals surface area contributed by atoms with Gasteiger partial charge in [0.15, 0.2) is 0 Å². The second kappa shape index (κ2) is 4.99. The van der Waals surface area contributed by atoms with Crippen molar-refractivity contribution in [3.05, 3.63) is 29.3 Å². The van der Waals surface area contributed by atoms with Gasteiger partial charge in [-0.1, -0.05) is 30.0 Å². The van der Waals surface area contributed by atoms with Crippen molar-refractivity contribution < 1.29 is 19.3 Å². The molecule has 2 aliphatic rings. The van der Waals surface area contributed by atoms with Crippen LogP contribution in [0.25, 0.3) is 0 Å². The first-order valence-electron chi connectivity index (χ1n) is 6.06. The summed E-state index contributed by atoms with van der Waals surface area (Å²) >= 11 is 1.05. The van der Waals surface area contributed by atoms with Gasteiger partial charge in [-0.15, -0.1) is 0 Å². The van der Waals surface area contributed by atoms with Gasteiger partial charge in [0.05, 0.1) is 11.9 Å². The van der Waals surface area contributed by atoms with E-state index in [-0.39, 0.29) is 16.4 Å². The number of rotatable bonds is 3. The van der Waals surface area contributed by atoms with Crippen molar-refractivity contribution in [1.82, 2.24) is 5.32 Å². The van der Waals surface area contributed by atoms with Crippen molar-refractivity contribution in [2.24, 2.45) is 0 Å². The van der Waals surface area contributed by atoms with E-state index in [0.717, 1.165) is 28.4 Å². The molecule has 2 heterocycles. The summed E-state index contributed by atoms with van der Waals surface area (Å²) in [5, 5.41) is 11.3. The van der Waals surface area contributed by atoms with E-state index in [4.69, 9.17) is 4.65 Å². The molecule has 1 saturated heterocycles. The van der Waals surface area contributed by atoms with E-state index in [2.05, 4.69) is 5.32 Å². The Morgan fingerprint density at radius 1 is 1.47 bits per heavy atom. The Hall–Kier alpha value is -1.31. The summed E-state index contributed by atoms with van der Waals surface area (Å²) in [5.74, 6) is -0.209. The zero-order valence-corrected chi connectivity index (χ0v) is 10.9. The molecule has 98 valence electrons. The molecule has 0 bridgehead atoms. The van der Waals surface area contributed by atoms with E-state index in [1.54, 1.807) is 0 Å². The molecule has 2 aliphatic heterocycles. The number of fused-ring (bicyclic) bond motifs is 1. The van der Waals surface area contributed by atoms with Gasteiger partial charge in [-0.25, -0.2) is 0 Å². The summed E-state index contributed by atoms with van der Waals surface area (Å²) in [6.07, 6.45) is 1.30. The number of carbonyl (C=O) groups is 2. The van der Waals surface area contributed by atoms with Crippen LogP contribution in [0.1, 0.15) is 17.5 Å². The number of nitrogens with one attached hydrogen (secondary N) is 1. The summed E-state index contributed by atoms with van der Waals surface area (Å²) in [6, 6.07) is 5.82. The van der Waals surface area contributed by atoms with Crippen molar-refractivity contribution in [2.75, 3.05) is 0 Å². The van der Waals surface area contributed by atoms with Crippen LogP contribution < -0.4 is 10.8 Å². The number of thioether (sulfide) groups is 1. The minimum atomic E-state index is -0.847. The molecule has 1 aromatic rings. The van der Waals surface area contributed by atoms with E-state index >= 15 is 0 Å². The maximum atomic E-state index is 11.4. The molecule has 2 amide bonds. The van der Waals surface area contributed by atoms with Crippen LogP contribution in [-0.4, -0.2) is 28.5 Å². The first-order valence-corrected chi connectivity index (χ1v) is 6.94. The van der Waals surface area contributed by atoms with Gasteiger partial charge < -0.3 is 9.68 Å². The first kappa shape index (κ1) is 12.7. The fraction of sp³-hybridized carbons (Fsp3) is 0.333. The molecule has 0 radical (unpaired) electrons. The van der Waals surface area contributed by atoms with Crippen molar-refractivity contribution in [1.29, 1.82) is 0 Å². The monoisotopic (exact) mass is 277 g/mol. The smallest absolute Gasteiger partial charge is 0.423 e. The first-order chi connectivity index (χ1) is 9.13. The molecule has 0 spiro atoms. The standard InChI is InChI=1S/C12H12BNO4S/c15-11-10(19-12(16)14-11)4-2-7-1-3-8-6-18-13(17)9(8)5-7/h1,3,5,10,17H,2,4,6H2,(H,14,15,16). The van der Waals surface area contributed by atoms with E-state index in [1.165, 1.54) is 0 Å². The van der Waals surface area contributed by atoms with Gasteiger partial charge in [0.25, 0.3) is 5.24 Å². The lowest BCUT2D eigenvalue weighted by molar-refractivity contribution is -0.119. The molecule has 0 saturated carbocycles. The maximum Gasteiger partial charge on any atom is 0.491 e. The third-order valence-corrected chi connectivity index (χ3v) is 4.39. The minimum absolute atomic E-state index is 0.209. The normalized spacial score (nSPS) is 21.7. The summed E-state index contributed by atoms with van der Waals surface area (Å²) in [6.45, 7) is 0.437. The van der Waals surface area contributed by atoms with Crippen molar-refractivity contribution >= 4 is 35.5 Å². The Bertz CT molecular complexity index is 551. The molecule has 1 fully saturated rings. The Kier molecular flexibility index (Phi) is 3.34. The lowest BCUT2D eigenvalue weighted by Crippen LogP contribution is -2.28. The van der Waals surface area contributed by atoms with Crippen LogP contribution in [-0.2, 0) is 22.5 Å². The lowest BCUT2D eigenvalue weighted by Gasteiger charge is -2.07. The van der Waals surface area contributed by atoms with Crippen LogP contribution in [0.3, 0.4) is 0 Å². The second-order valence-corrected chi connectivity index (χ2v) is 5.79. The third-order valence-electron chi connectivity index (χ3n) is 3.34. The maximum absolute atomic E-state index is 11.4. The van der Waals surface area contributed by atoms with Crippen LogP contribution >= 0.6 is 11.8 Å². The van der Waals surface area contributed by atoms with Gasteiger partial charge in [-0.3, -0.25) is 14.9 Å². The average Bonchev–Trinajstić information content (AvgIpc) is 2.90. The zero-order chi connectivity index (χ0) is 13.4. The predicted molar refractivity (Wildman–Crippen MR) is 72.1 cm³/mol. The molecule has 1 atom stereocenters. The average molecular weight is 277 g/mol. The van der Waals surface area contributed by atoms with Crippen LogP contribution in [0, 0.1) is 0 Å². The van der Waals surface area contributed by atoms with Crippen LogP contribution in [0.5, 0.6) is 0 Å². The molecule has 0 aromatic heterocycles. The number of carbonyl (C=O) groups excluding carboxylic acids is 2. The number of amides is 2. The molecule has 1 aromatic carbocycles. The Morgan fingerprint density at radius 3 is 3.05 bits per heavy atom. The van der Waals surface area contributed by atoms with Crippen LogP contribution in [0.15, 0.2) is 18.2 Å². The van der Waals surface area contributed by atoms with Gasteiger partial charge in [0.1, 0.15) is 0 Å². The van der Waals surface area contributed by atoms with E-state index in [0.29, 0.717) is 19.4 Å². The zero-order valence-electron chi connectivity index (χ0n) is 10.1. The fourth-order valence-electron chi connectivity index (χ4n) is 2.30. The van der Waals surface area contributed by atoms with Crippen molar-refractivity contribution in [3.63, 3.8) is 0 Å². The van der Waals surface area contributed by atoms with Gasteiger partial charge in [-0.05, 0) is 29.4 Å². The lowest BCUT2D eigenvalue weighted by atomic mass is 9.78. The molecular formula is C12H12BNO4S.